The van der Waals surface area contributed by atoms with Gasteiger partial charge in [0.15, 0.2) is 0 Å². The Balaban J connectivity index is 3.74. The smallest absolute Gasteiger partial charge is 0.371 e. The topological polar surface area (TPSA) is 64.7 Å². The van der Waals surface area contributed by atoms with E-state index in [0.717, 1.165) is 0 Å². The van der Waals surface area contributed by atoms with E-state index >= 15 is 0 Å². The monoisotopic (exact) mass is 162 g/mol. The Kier molecular flexibility index (Phi) is 4.32. The number of halogens is 1. The number of rotatable bonds is 3. The van der Waals surface area contributed by atoms with Crippen LogP contribution in [0.1, 0.15) is 0 Å². The third kappa shape index (κ3) is 3.09. The zero-order valence-corrected chi connectivity index (χ0v) is 5.97. The summed E-state index contributed by atoms with van der Waals surface area (Å²) in [5, 5.41) is 2.54. The largest absolute Gasteiger partial charge is 0.456 e. The number of carbonyl (C=O) groups excluding carboxylic acids is 1. The summed E-state index contributed by atoms with van der Waals surface area (Å²) >= 11 is 5.17. The van der Waals surface area contributed by atoms with E-state index in [1.165, 1.54) is 6.08 Å². The van der Waals surface area contributed by atoms with Gasteiger partial charge in [-0.3, -0.25) is 0 Å². The van der Waals surface area contributed by atoms with E-state index < -0.39 is 5.97 Å². The number of carbonyl (C=O) groups is 1. The van der Waals surface area contributed by atoms with Crippen LogP contribution in [-0.2, 0) is 9.53 Å². The van der Waals surface area contributed by atoms with Gasteiger partial charge in [0.05, 0.1) is 0 Å². The van der Waals surface area contributed by atoms with Crippen LogP contribution in [0.5, 0.6) is 0 Å². The van der Waals surface area contributed by atoms with E-state index in [0.29, 0.717) is 0 Å². The van der Waals surface area contributed by atoms with Crippen LogP contribution in [0, 0.1) is 0 Å². The van der Waals surface area contributed by atoms with Crippen molar-refractivity contribution in [1.29, 1.82) is 0 Å². The molecule has 0 spiro atoms. The van der Waals surface area contributed by atoms with Gasteiger partial charge in [0.2, 0.25) is 5.17 Å². The fraction of sp³-hybridized carbons (Fsp3) is 0.200. The van der Waals surface area contributed by atoms with Gasteiger partial charge in [0, 0.05) is 0 Å². The van der Waals surface area contributed by atoms with Crippen molar-refractivity contribution in [2.24, 2.45) is 10.9 Å². The number of esters is 1. The Bertz CT molecular complexity index is 167. The van der Waals surface area contributed by atoms with Crippen molar-refractivity contribution in [2.75, 3.05) is 6.61 Å². The number of nitrogens with zero attached hydrogens (tertiary/aromatic N) is 1. The second-order valence-electron chi connectivity index (χ2n) is 1.31. The lowest BCUT2D eigenvalue weighted by Gasteiger charge is -1.96. The molecule has 0 aliphatic heterocycles. The first-order valence-electron chi connectivity index (χ1n) is 2.43. The van der Waals surface area contributed by atoms with Gasteiger partial charge in [-0.15, -0.1) is 0 Å². The van der Waals surface area contributed by atoms with Gasteiger partial charge in [-0.2, -0.15) is 5.10 Å². The highest BCUT2D eigenvalue weighted by molar-refractivity contribution is 6.81. The summed E-state index contributed by atoms with van der Waals surface area (Å²) < 4.78 is 4.44. The zero-order valence-electron chi connectivity index (χ0n) is 5.21. The van der Waals surface area contributed by atoms with Crippen molar-refractivity contribution in [3.63, 3.8) is 0 Å². The Morgan fingerprint density at radius 3 is 2.90 bits per heavy atom. The average Bonchev–Trinajstić information content (AvgIpc) is 1.98. The lowest BCUT2D eigenvalue weighted by molar-refractivity contribution is -0.134. The van der Waals surface area contributed by atoms with Crippen LogP contribution in [-0.4, -0.2) is 17.7 Å². The molecule has 0 aromatic carbocycles. The molecule has 0 bridgehead atoms. The molecule has 56 valence electrons. The normalized spacial score (nSPS) is 10.7. The molecule has 0 aliphatic carbocycles. The van der Waals surface area contributed by atoms with Gasteiger partial charge < -0.3 is 10.6 Å². The predicted octanol–water partition coefficient (Wildman–Crippen LogP) is 0.227. The Hall–Kier alpha value is -1.03. The second-order valence-corrected chi connectivity index (χ2v) is 1.67. The number of nitrogens with two attached hydrogens (primary N) is 1. The van der Waals surface area contributed by atoms with E-state index in [9.17, 15) is 4.79 Å². The van der Waals surface area contributed by atoms with Gasteiger partial charge in [0.25, 0.3) is 0 Å². The summed E-state index contributed by atoms with van der Waals surface area (Å²) in [5.41, 5.74) is 0. The van der Waals surface area contributed by atoms with Crippen LogP contribution in [0.25, 0.3) is 0 Å². The fourth-order valence-corrected chi connectivity index (χ4v) is 0.301. The number of ether oxygens (including phenoxy) is 1. The number of hydrogen-bond donors (Lipinski definition) is 1. The fourth-order valence-electron chi connectivity index (χ4n) is 0.247. The molecule has 0 unspecified atom stereocenters. The highest BCUT2D eigenvalue weighted by atomic mass is 35.5. The molecule has 2 N–H and O–H groups in total. The molecular weight excluding hydrogens is 156 g/mol. The summed E-state index contributed by atoms with van der Waals surface area (Å²) in [4.78, 5) is 10.5. The molecule has 10 heavy (non-hydrogen) atoms. The molecule has 0 aromatic heterocycles. The van der Waals surface area contributed by atoms with Crippen LogP contribution in [0.4, 0.5) is 0 Å². The van der Waals surface area contributed by atoms with E-state index in [1.54, 1.807) is 0 Å². The lowest BCUT2D eigenvalue weighted by Crippen LogP contribution is -2.13. The third-order valence-corrected chi connectivity index (χ3v) is 0.866. The highest BCUT2D eigenvalue weighted by Crippen LogP contribution is 1.88. The molecule has 0 saturated carbocycles. The van der Waals surface area contributed by atoms with Crippen LogP contribution in [0.2, 0.25) is 0 Å². The first kappa shape index (κ1) is 8.97. The summed E-state index contributed by atoms with van der Waals surface area (Å²) in [6.07, 6.45) is 1.42. The van der Waals surface area contributed by atoms with E-state index in [4.69, 9.17) is 11.6 Å². The van der Waals surface area contributed by atoms with E-state index in [1.807, 2.05) is 0 Å². The quantitative estimate of drug-likeness (QED) is 0.212. The maximum Gasteiger partial charge on any atom is 0.371 e. The van der Waals surface area contributed by atoms with Gasteiger partial charge in [-0.25, -0.2) is 4.79 Å². The molecule has 5 heteroatoms. The first-order chi connectivity index (χ1) is 4.72. The first-order valence-corrected chi connectivity index (χ1v) is 2.81. The molecular formula is C5H7ClN2O2. The van der Waals surface area contributed by atoms with Crippen molar-refractivity contribution < 1.29 is 9.53 Å². The maximum absolute atomic E-state index is 10.5. The van der Waals surface area contributed by atoms with Crippen molar-refractivity contribution >= 4 is 22.7 Å². The van der Waals surface area contributed by atoms with Gasteiger partial charge >= 0.3 is 5.97 Å². The van der Waals surface area contributed by atoms with E-state index in [-0.39, 0.29) is 11.8 Å². The van der Waals surface area contributed by atoms with Gasteiger partial charge in [0.1, 0.15) is 6.61 Å². The van der Waals surface area contributed by atoms with Crippen molar-refractivity contribution in [2.45, 2.75) is 0 Å². The summed E-state index contributed by atoms with van der Waals surface area (Å²) in [6, 6.07) is 0. The van der Waals surface area contributed by atoms with Gasteiger partial charge in [-0.1, -0.05) is 24.3 Å². The molecule has 0 aromatic rings. The summed E-state index contributed by atoms with van der Waals surface area (Å²) in [6.45, 7) is 3.43. The van der Waals surface area contributed by atoms with Gasteiger partial charge in [-0.05, 0) is 0 Å². The number of hydrogen-bond acceptors (Lipinski definition) is 4. The second kappa shape index (κ2) is 4.81. The van der Waals surface area contributed by atoms with Crippen molar-refractivity contribution in [1.82, 2.24) is 0 Å². The lowest BCUT2D eigenvalue weighted by atomic mass is 10.7. The molecule has 0 radical (unpaired) electrons. The van der Waals surface area contributed by atoms with Crippen molar-refractivity contribution in [3.8, 4) is 0 Å². The van der Waals surface area contributed by atoms with Crippen molar-refractivity contribution in [3.05, 3.63) is 12.7 Å². The predicted molar refractivity (Wildman–Crippen MR) is 38.6 cm³/mol. The molecule has 4 nitrogen and oxygen atoms in total. The van der Waals surface area contributed by atoms with Crippen LogP contribution >= 0.6 is 11.6 Å². The molecule has 0 aliphatic rings. The SMILES string of the molecule is C=CCOC(=O)C(Cl)=NN. The molecule has 0 amide bonds. The molecule has 0 fully saturated rings. The molecule has 0 rings (SSSR count). The Morgan fingerprint density at radius 2 is 2.50 bits per heavy atom. The third-order valence-electron chi connectivity index (χ3n) is 0.614. The van der Waals surface area contributed by atoms with Crippen LogP contribution < -0.4 is 5.84 Å². The highest BCUT2D eigenvalue weighted by Gasteiger charge is 2.07. The van der Waals surface area contributed by atoms with Crippen LogP contribution in [0.15, 0.2) is 17.8 Å². The maximum atomic E-state index is 10.5. The number of hydrazone groups is 1. The Labute approximate surface area is 63.3 Å². The minimum absolute atomic E-state index is 0.102. The Morgan fingerprint density at radius 1 is 1.90 bits per heavy atom. The van der Waals surface area contributed by atoms with Crippen LogP contribution in [0.3, 0.4) is 0 Å². The zero-order chi connectivity index (χ0) is 7.98. The summed E-state index contributed by atoms with van der Waals surface area (Å²) in [5.74, 6) is 3.93. The summed E-state index contributed by atoms with van der Waals surface area (Å²) in [7, 11) is 0. The minimum atomic E-state index is -0.746. The minimum Gasteiger partial charge on any atom is -0.456 e. The average molecular weight is 163 g/mol. The molecule has 0 atom stereocenters. The van der Waals surface area contributed by atoms with E-state index in [2.05, 4.69) is 22.3 Å². The molecule has 0 saturated heterocycles. The standard InChI is InChI=1S/C5H7ClN2O2/c1-2-3-10-5(9)4(6)8-7/h2H,1,3,7H2. The molecule has 0 heterocycles.